The molecule has 0 fully saturated rings. The molecule has 0 aliphatic carbocycles. The molecule has 0 aromatic carbocycles. The van der Waals surface area contributed by atoms with Gasteiger partial charge in [-0.05, 0) is 12.8 Å². The van der Waals surface area contributed by atoms with Crippen LogP contribution in [0.25, 0.3) is 0 Å². The minimum Gasteiger partial charge on any atom is -0.219 e. The van der Waals surface area contributed by atoms with Crippen LogP contribution in [-0.4, -0.2) is 8.42 Å². The van der Waals surface area contributed by atoms with Crippen LogP contribution in [0.2, 0.25) is 0 Å². The number of allylic oxidation sites excluding steroid dienone is 2. The van der Waals surface area contributed by atoms with Crippen molar-refractivity contribution in [1.82, 2.24) is 0 Å². The van der Waals surface area contributed by atoms with Gasteiger partial charge in [0, 0.05) is 9.81 Å². The van der Waals surface area contributed by atoms with Gasteiger partial charge in [0.05, 0.1) is 0 Å². The second-order valence-electron chi connectivity index (χ2n) is 2.29. The van der Waals surface area contributed by atoms with Gasteiger partial charge < -0.3 is 0 Å². The smallest absolute Gasteiger partial charge is 0.197 e. The van der Waals surface area contributed by atoms with E-state index in [-0.39, 0.29) is 9.81 Å². The van der Waals surface area contributed by atoms with E-state index < -0.39 is 9.84 Å². The van der Waals surface area contributed by atoms with E-state index in [1.807, 2.05) is 0 Å². The van der Waals surface area contributed by atoms with E-state index in [2.05, 4.69) is 13.2 Å². The van der Waals surface area contributed by atoms with Crippen molar-refractivity contribution in [3.05, 3.63) is 23.0 Å². The SMILES string of the molecule is C=C(CC)S(=O)(=O)C(=C)CC. The molecule has 0 heterocycles. The second-order valence-corrected chi connectivity index (χ2v) is 4.45. The van der Waals surface area contributed by atoms with Crippen LogP contribution in [0.5, 0.6) is 0 Å². The molecular formula is C8H14O2S. The predicted molar refractivity (Wildman–Crippen MR) is 47.8 cm³/mol. The van der Waals surface area contributed by atoms with E-state index in [1.165, 1.54) is 0 Å². The quantitative estimate of drug-likeness (QED) is 0.655. The van der Waals surface area contributed by atoms with Crippen LogP contribution in [0.1, 0.15) is 26.7 Å². The zero-order valence-electron chi connectivity index (χ0n) is 7.05. The molecule has 64 valence electrons. The van der Waals surface area contributed by atoms with Gasteiger partial charge in [-0.15, -0.1) is 0 Å². The molecule has 0 radical (unpaired) electrons. The Hall–Kier alpha value is -0.570. The second kappa shape index (κ2) is 3.72. The van der Waals surface area contributed by atoms with Crippen LogP contribution in [-0.2, 0) is 9.84 Å². The fourth-order valence-electron chi connectivity index (χ4n) is 0.584. The van der Waals surface area contributed by atoms with Crippen LogP contribution < -0.4 is 0 Å². The van der Waals surface area contributed by atoms with Gasteiger partial charge >= 0.3 is 0 Å². The molecule has 0 atom stereocenters. The average Bonchev–Trinajstić information content (AvgIpc) is 2.01. The normalized spacial score (nSPS) is 11.1. The summed E-state index contributed by atoms with van der Waals surface area (Å²) in [5.74, 6) is 0. The van der Waals surface area contributed by atoms with Gasteiger partial charge in [0.25, 0.3) is 0 Å². The highest BCUT2D eigenvalue weighted by Crippen LogP contribution is 2.18. The summed E-state index contributed by atoms with van der Waals surface area (Å²) in [5.41, 5.74) is 0. The molecular weight excluding hydrogens is 160 g/mol. The molecule has 0 N–H and O–H groups in total. The molecule has 0 amide bonds. The summed E-state index contributed by atoms with van der Waals surface area (Å²) >= 11 is 0. The summed E-state index contributed by atoms with van der Waals surface area (Å²) in [6.07, 6.45) is 0.919. The molecule has 0 spiro atoms. The lowest BCUT2D eigenvalue weighted by Crippen LogP contribution is -2.04. The third-order valence-electron chi connectivity index (χ3n) is 1.55. The van der Waals surface area contributed by atoms with Crippen molar-refractivity contribution < 1.29 is 8.42 Å². The summed E-state index contributed by atoms with van der Waals surface area (Å²) in [6, 6.07) is 0. The maximum absolute atomic E-state index is 11.3. The molecule has 11 heavy (non-hydrogen) atoms. The third-order valence-corrected chi connectivity index (χ3v) is 3.65. The number of hydrogen-bond donors (Lipinski definition) is 0. The van der Waals surface area contributed by atoms with Crippen molar-refractivity contribution in [3.63, 3.8) is 0 Å². The van der Waals surface area contributed by atoms with Crippen LogP contribution in [0.3, 0.4) is 0 Å². The molecule has 2 nitrogen and oxygen atoms in total. The van der Waals surface area contributed by atoms with Gasteiger partial charge in [0.15, 0.2) is 9.84 Å². The highest BCUT2D eigenvalue weighted by molar-refractivity contribution is 7.98. The van der Waals surface area contributed by atoms with Crippen molar-refractivity contribution in [3.8, 4) is 0 Å². The lowest BCUT2D eigenvalue weighted by molar-refractivity contribution is 0.605. The Morgan fingerprint density at radius 1 is 1.09 bits per heavy atom. The Morgan fingerprint density at radius 2 is 1.36 bits per heavy atom. The minimum atomic E-state index is -3.23. The third kappa shape index (κ3) is 2.19. The summed E-state index contributed by atoms with van der Waals surface area (Å²) in [6.45, 7) is 10.5. The fourth-order valence-corrected chi connectivity index (χ4v) is 1.75. The van der Waals surface area contributed by atoms with Crippen molar-refractivity contribution in [2.75, 3.05) is 0 Å². The molecule has 0 saturated heterocycles. The Morgan fingerprint density at radius 3 is 1.55 bits per heavy atom. The van der Waals surface area contributed by atoms with Crippen LogP contribution in [0, 0.1) is 0 Å². The van der Waals surface area contributed by atoms with Crippen LogP contribution in [0.4, 0.5) is 0 Å². The van der Waals surface area contributed by atoms with Gasteiger partial charge in [-0.1, -0.05) is 27.0 Å². The van der Waals surface area contributed by atoms with Gasteiger partial charge in [0.1, 0.15) is 0 Å². The van der Waals surface area contributed by atoms with Crippen molar-refractivity contribution in [2.45, 2.75) is 26.7 Å². The molecule has 3 heteroatoms. The minimum absolute atomic E-state index is 0.254. The van der Waals surface area contributed by atoms with Crippen LogP contribution in [0.15, 0.2) is 23.0 Å². The summed E-state index contributed by atoms with van der Waals surface area (Å²) in [7, 11) is -3.23. The lowest BCUT2D eigenvalue weighted by Gasteiger charge is -2.05. The maximum atomic E-state index is 11.3. The van der Waals surface area contributed by atoms with Gasteiger partial charge in [-0.3, -0.25) is 0 Å². The average molecular weight is 174 g/mol. The predicted octanol–water partition coefficient (Wildman–Crippen LogP) is 2.25. The number of hydrogen-bond acceptors (Lipinski definition) is 2. The van der Waals surface area contributed by atoms with Gasteiger partial charge in [0.2, 0.25) is 0 Å². The lowest BCUT2D eigenvalue weighted by atomic mass is 10.5. The van der Waals surface area contributed by atoms with Gasteiger partial charge in [-0.2, -0.15) is 0 Å². The largest absolute Gasteiger partial charge is 0.219 e. The Bertz CT molecular complexity index is 238. The summed E-state index contributed by atoms with van der Waals surface area (Å²) in [4.78, 5) is 0.508. The highest BCUT2D eigenvalue weighted by atomic mass is 32.2. The Labute approximate surface area is 68.5 Å². The molecule has 0 bridgehead atoms. The zero-order valence-corrected chi connectivity index (χ0v) is 7.87. The maximum Gasteiger partial charge on any atom is 0.197 e. The van der Waals surface area contributed by atoms with E-state index in [9.17, 15) is 8.42 Å². The molecule has 0 aliphatic rings. The van der Waals surface area contributed by atoms with E-state index in [1.54, 1.807) is 13.8 Å². The van der Waals surface area contributed by atoms with Gasteiger partial charge in [-0.25, -0.2) is 8.42 Å². The first-order valence-corrected chi connectivity index (χ1v) is 5.05. The highest BCUT2D eigenvalue weighted by Gasteiger charge is 2.16. The summed E-state index contributed by atoms with van der Waals surface area (Å²) in [5, 5.41) is 0. The first-order chi connectivity index (χ1) is 4.96. The van der Waals surface area contributed by atoms with E-state index in [4.69, 9.17) is 0 Å². The summed E-state index contributed by atoms with van der Waals surface area (Å²) < 4.78 is 22.6. The molecule has 0 rings (SSSR count). The standard InChI is InChI=1S/C8H14O2S/c1-5-7(3)11(9,10)8(4)6-2/h3-6H2,1-2H3. The fraction of sp³-hybridized carbons (Fsp3) is 0.500. The molecule has 0 unspecified atom stereocenters. The van der Waals surface area contributed by atoms with E-state index in [0.717, 1.165) is 0 Å². The molecule has 0 aromatic heterocycles. The van der Waals surface area contributed by atoms with E-state index >= 15 is 0 Å². The van der Waals surface area contributed by atoms with Crippen molar-refractivity contribution in [1.29, 1.82) is 0 Å². The Balaban J connectivity index is 4.76. The number of sulfone groups is 1. The molecule has 0 aliphatic heterocycles. The van der Waals surface area contributed by atoms with E-state index in [0.29, 0.717) is 12.8 Å². The molecule has 0 aromatic rings. The number of rotatable bonds is 4. The first-order valence-electron chi connectivity index (χ1n) is 3.57. The topological polar surface area (TPSA) is 34.1 Å². The van der Waals surface area contributed by atoms with Crippen LogP contribution >= 0.6 is 0 Å². The van der Waals surface area contributed by atoms with Crippen molar-refractivity contribution >= 4 is 9.84 Å². The Kier molecular flexibility index (Phi) is 3.52. The monoisotopic (exact) mass is 174 g/mol. The first kappa shape index (κ1) is 10.4. The van der Waals surface area contributed by atoms with Crippen molar-refractivity contribution in [2.24, 2.45) is 0 Å². The molecule has 0 saturated carbocycles. The zero-order chi connectivity index (χ0) is 9.07.